The molecule has 0 aliphatic carbocycles. The summed E-state index contributed by atoms with van der Waals surface area (Å²) >= 11 is 0. The molecular weight excluding hydrogens is 368 g/mol. The number of fused-ring (bicyclic) bond motifs is 4. The molecular formula is C27H20N2O. The third-order valence-corrected chi connectivity index (χ3v) is 5.96. The quantitative estimate of drug-likeness (QED) is 0.319. The molecule has 0 atom stereocenters. The number of nitrogens with two attached hydrogens (primary N) is 2. The minimum Gasteiger partial charge on any atom is -0.457 e. The SMILES string of the molecule is Nc1ccc2cc3c(cc2c1)C(c1ccccc1)c1cc2cc(N)ccc2cc1O3. The van der Waals surface area contributed by atoms with Gasteiger partial charge in [0.15, 0.2) is 0 Å². The lowest BCUT2D eigenvalue weighted by Gasteiger charge is -2.30. The Labute approximate surface area is 174 Å². The fourth-order valence-corrected chi connectivity index (χ4v) is 4.54. The van der Waals surface area contributed by atoms with Crippen LogP contribution in [0.3, 0.4) is 0 Å². The fourth-order valence-electron chi connectivity index (χ4n) is 4.54. The van der Waals surface area contributed by atoms with Crippen LogP contribution in [0.25, 0.3) is 21.5 Å². The van der Waals surface area contributed by atoms with Gasteiger partial charge in [0.2, 0.25) is 0 Å². The molecule has 30 heavy (non-hydrogen) atoms. The number of ether oxygens (including phenoxy) is 1. The number of nitrogen functional groups attached to an aromatic ring is 2. The molecule has 0 fully saturated rings. The highest BCUT2D eigenvalue weighted by Crippen LogP contribution is 2.49. The van der Waals surface area contributed by atoms with Gasteiger partial charge in [-0.3, -0.25) is 0 Å². The van der Waals surface area contributed by atoms with Crippen LogP contribution in [0.4, 0.5) is 11.4 Å². The van der Waals surface area contributed by atoms with E-state index in [0.717, 1.165) is 55.5 Å². The topological polar surface area (TPSA) is 61.3 Å². The van der Waals surface area contributed by atoms with Crippen molar-refractivity contribution in [1.82, 2.24) is 0 Å². The molecule has 0 saturated carbocycles. The second-order valence-corrected chi connectivity index (χ2v) is 7.94. The van der Waals surface area contributed by atoms with Crippen LogP contribution >= 0.6 is 0 Å². The Hall–Kier alpha value is -3.98. The summed E-state index contributed by atoms with van der Waals surface area (Å²) in [5.41, 5.74) is 17.2. The predicted octanol–water partition coefficient (Wildman–Crippen LogP) is 6.44. The Balaban J connectivity index is 1.66. The molecule has 1 heterocycles. The van der Waals surface area contributed by atoms with Crippen molar-refractivity contribution < 1.29 is 4.74 Å². The van der Waals surface area contributed by atoms with E-state index in [2.05, 4.69) is 48.5 Å². The van der Waals surface area contributed by atoms with Crippen molar-refractivity contribution >= 4 is 32.9 Å². The molecule has 3 heteroatoms. The first-order chi connectivity index (χ1) is 14.7. The van der Waals surface area contributed by atoms with E-state index in [4.69, 9.17) is 16.2 Å². The average Bonchev–Trinajstić information content (AvgIpc) is 2.75. The van der Waals surface area contributed by atoms with E-state index in [1.54, 1.807) is 0 Å². The van der Waals surface area contributed by atoms with Crippen LogP contribution in [0, 0.1) is 0 Å². The number of rotatable bonds is 1. The van der Waals surface area contributed by atoms with Crippen molar-refractivity contribution in [3.63, 3.8) is 0 Å². The van der Waals surface area contributed by atoms with Crippen LogP contribution in [0.5, 0.6) is 11.5 Å². The summed E-state index contributed by atoms with van der Waals surface area (Å²) in [7, 11) is 0. The van der Waals surface area contributed by atoms with Crippen LogP contribution in [-0.4, -0.2) is 0 Å². The molecule has 4 N–H and O–H groups in total. The van der Waals surface area contributed by atoms with E-state index < -0.39 is 0 Å². The van der Waals surface area contributed by atoms with Gasteiger partial charge in [-0.25, -0.2) is 0 Å². The number of benzene rings is 5. The van der Waals surface area contributed by atoms with E-state index in [9.17, 15) is 0 Å². The summed E-state index contributed by atoms with van der Waals surface area (Å²) < 4.78 is 6.44. The molecule has 3 nitrogen and oxygen atoms in total. The van der Waals surface area contributed by atoms with Gasteiger partial charge < -0.3 is 16.2 Å². The van der Waals surface area contributed by atoms with Gasteiger partial charge in [-0.05, 0) is 75.6 Å². The van der Waals surface area contributed by atoms with Crippen molar-refractivity contribution in [3.8, 4) is 11.5 Å². The third-order valence-electron chi connectivity index (χ3n) is 5.96. The standard InChI is InChI=1S/C27H20N2O/c28-21-8-6-17-14-25-23(12-19(17)10-21)27(16-4-2-1-3-5-16)24-13-20-11-22(29)9-7-18(20)15-26(24)30-25/h1-15,27H,28-29H2. The lowest BCUT2D eigenvalue weighted by molar-refractivity contribution is 0.454. The minimum atomic E-state index is 0.0709. The van der Waals surface area contributed by atoms with E-state index in [-0.39, 0.29) is 5.92 Å². The molecule has 0 aromatic heterocycles. The maximum absolute atomic E-state index is 6.44. The molecule has 0 saturated heterocycles. The maximum Gasteiger partial charge on any atom is 0.132 e. The summed E-state index contributed by atoms with van der Waals surface area (Å²) in [6.45, 7) is 0. The molecule has 0 bridgehead atoms. The molecule has 0 radical (unpaired) electrons. The summed E-state index contributed by atoms with van der Waals surface area (Å²) in [4.78, 5) is 0. The van der Waals surface area contributed by atoms with Gasteiger partial charge in [-0.1, -0.05) is 42.5 Å². The molecule has 144 valence electrons. The van der Waals surface area contributed by atoms with Crippen molar-refractivity contribution in [1.29, 1.82) is 0 Å². The van der Waals surface area contributed by atoms with Gasteiger partial charge in [-0.2, -0.15) is 0 Å². The van der Waals surface area contributed by atoms with Gasteiger partial charge >= 0.3 is 0 Å². The normalized spacial score (nSPS) is 13.1. The number of hydrogen-bond acceptors (Lipinski definition) is 3. The first-order valence-electron chi connectivity index (χ1n) is 10.0. The molecule has 5 aromatic rings. The Morgan fingerprint density at radius 1 is 0.533 bits per heavy atom. The maximum atomic E-state index is 6.44. The zero-order chi connectivity index (χ0) is 20.2. The second kappa shape index (κ2) is 6.26. The Bertz CT molecular complexity index is 1350. The number of hydrogen-bond donors (Lipinski definition) is 2. The third kappa shape index (κ3) is 2.60. The van der Waals surface area contributed by atoms with E-state index in [1.807, 2.05) is 42.5 Å². The Kier molecular flexibility index (Phi) is 3.53. The smallest absolute Gasteiger partial charge is 0.132 e. The van der Waals surface area contributed by atoms with Crippen LogP contribution in [0.15, 0.2) is 91.0 Å². The van der Waals surface area contributed by atoms with Crippen molar-refractivity contribution in [2.75, 3.05) is 11.5 Å². The minimum absolute atomic E-state index is 0.0709. The van der Waals surface area contributed by atoms with E-state index >= 15 is 0 Å². The highest BCUT2D eigenvalue weighted by molar-refractivity contribution is 5.91. The predicted molar refractivity (Wildman–Crippen MR) is 124 cm³/mol. The highest BCUT2D eigenvalue weighted by atomic mass is 16.5. The summed E-state index contributed by atoms with van der Waals surface area (Å²) in [6, 6.07) is 31.2. The molecule has 6 rings (SSSR count). The van der Waals surface area contributed by atoms with E-state index in [1.165, 1.54) is 5.56 Å². The van der Waals surface area contributed by atoms with Crippen molar-refractivity contribution in [2.24, 2.45) is 0 Å². The first-order valence-corrected chi connectivity index (χ1v) is 10.0. The Morgan fingerprint density at radius 3 is 1.60 bits per heavy atom. The lowest BCUT2D eigenvalue weighted by atomic mass is 9.81. The summed E-state index contributed by atoms with van der Waals surface area (Å²) in [5, 5.41) is 4.47. The monoisotopic (exact) mass is 388 g/mol. The molecule has 1 aliphatic rings. The van der Waals surface area contributed by atoms with Gasteiger partial charge in [0, 0.05) is 28.4 Å². The zero-order valence-corrected chi connectivity index (χ0v) is 16.3. The number of anilines is 2. The largest absolute Gasteiger partial charge is 0.457 e. The fraction of sp³-hybridized carbons (Fsp3) is 0.0370. The van der Waals surface area contributed by atoms with Crippen LogP contribution in [-0.2, 0) is 0 Å². The van der Waals surface area contributed by atoms with Crippen molar-refractivity contribution in [3.05, 3.63) is 108 Å². The second-order valence-electron chi connectivity index (χ2n) is 7.94. The van der Waals surface area contributed by atoms with Crippen molar-refractivity contribution in [2.45, 2.75) is 5.92 Å². The Morgan fingerprint density at radius 2 is 1.07 bits per heavy atom. The van der Waals surface area contributed by atoms with Crippen LogP contribution in [0.2, 0.25) is 0 Å². The van der Waals surface area contributed by atoms with E-state index in [0.29, 0.717) is 0 Å². The lowest BCUT2D eigenvalue weighted by Crippen LogP contribution is -2.12. The average molecular weight is 388 g/mol. The molecule has 1 aliphatic heterocycles. The molecule has 0 amide bonds. The van der Waals surface area contributed by atoms with Gasteiger partial charge in [0.1, 0.15) is 11.5 Å². The first kappa shape index (κ1) is 16.9. The molecule has 0 unspecified atom stereocenters. The van der Waals surface area contributed by atoms with Gasteiger partial charge in [-0.15, -0.1) is 0 Å². The molecule has 0 spiro atoms. The highest BCUT2D eigenvalue weighted by Gasteiger charge is 2.29. The summed E-state index contributed by atoms with van der Waals surface area (Å²) in [5.74, 6) is 1.86. The zero-order valence-electron chi connectivity index (χ0n) is 16.3. The van der Waals surface area contributed by atoms with Crippen LogP contribution < -0.4 is 16.2 Å². The van der Waals surface area contributed by atoms with Gasteiger partial charge in [0.25, 0.3) is 0 Å². The summed E-state index contributed by atoms with van der Waals surface area (Å²) in [6.07, 6.45) is 0. The van der Waals surface area contributed by atoms with Crippen LogP contribution in [0.1, 0.15) is 22.6 Å². The molecule has 5 aromatic carbocycles. The van der Waals surface area contributed by atoms with Gasteiger partial charge in [0.05, 0.1) is 0 Å².